The number of aliphatic hydroxyl groups excluding tert-OH is 2. The number of nitro groups is 1. The fourth-order valence-corrected chi connectivity index (χ4v) is 1.80. The van der Waals surface area contributed by atoms with Gasteiger partial charge in [-0.1, -0.05) is 6.07 Å². The van der Waals surface area contributed by atoms with E-state index in [1.54, 1.807) is 0 Å². The molecule has 102 valence electrons. The van der Waals surface area contributed by atoms with Gasteiger partial charge in [0.05, 0.1) is 22.6 Å². The van der Waals surface area contributed by atoms with Crippen LogP contribution in [0.2, 0.25) is 0 Å². The summed E-state index contributed by atoms with van der Waals surface area (Å²) in [5.41, 5.74) is -0.949. The summed E-state index contributed by atoms with van der Waals surface area (Å²) in [6, 6.07) is 5.53. The highest BCUT2D eigenvalue weighted by molar-refractivity contribution is 5.81. The molecule has 1 aromatic carbocycles. The van der Waals surface area contributed by atoms with E-state index in [0.717, 1.165) is 6.20 Å². The van der Waals surface area contributed by atoms with Crippen molar-refractivity contribution in [1.29, 1.82) is 5.26 Å². The lowest BCUT2D eigenvalue weighted by Gasteiger charge is -2.12. The van der Waals surface area contributed by atoms with Gasteiger partial charge in [0.15, 0.2) is 6.10 Å². The molecule has 0 aliphatic rings. The first-order chi connectivity index (χ1) is 9.45. The Bertz CT molecular complexity index is 777. The van der Waals surface area contributed by atoms with Gasteiger partial charge in [-0.25, -0.2) is 0 Å². The van der Waals surface area contributed by atoms with Crippen molar-refractivity contribution in [3.8, 4) is 6.07 Å². The van der Waals surface area contributed by atoms with E-state index < -0.39 is 28.2 Å². The molecule has 0 saturated heterocycles. The van der Waals surface area contributed by atoms with Gasteiger partial charge < -0.3 is 15.2 Å². The Morgan fingerprint density at radius 3 is 2.70 bits per heavy atom. The molecule has 0 aliphatic heterocycles. The maximum Gasteiger partial charge on any atom is 0.332 e. The lowest BCUT2D eigenvalue weighted by atomic mass is 10.0. The highest BCUT2D eigenvalue weighted by Gasteiger charge is 2.20. The van der Waals surface area contributed by atoms with Gasteiger partial charge in [0.1, 0.15) is 6.10 Å². The average Bonchev–Trinajstić information content (AvgIpc) is 2.45. The van der Waals surface area contributed by atoms with Gasteiger partial charge >= 0.3 is 5.69 Å². The van der Waals surface area contributed by atoms with Gasteiger partial charge in [-0.3, -0.25) is 14.9 Å². The van der Waals surface area contributed by atoms with Crippen LogP contribution in [0.25, 0.3) is 10.9 Å². The minimum Gasteiger partial charge on any atom is -0.385 e. The van der Waals surface area contributed by atoms with Crippen molar-refractivity contribution in [2.75, 3.05) is 0 Å². The number of hydrogen-bond donors (Lipinski definition) is 3. The first-order valence-corrected chi connectivity index (χ1v) is 5.51. The van der Waals surface area contributed by atoms with Crippen molar-refractivity contribution in [2.24, 2.45) is 0 Å². The number of H-pyrrole nitrogens is 1. The molecule has 2 unspecified atom stereocenters. The highest BCUT2D eigenvalue weighted by atomic mass is 16.6. The molecule has 2 aromatic rings. The number of benzene rings is 1. The minimum absolute atomic E-state index is 0.000824. The summed E-state index contributed by atoms with van der Waals surface area (Å²) in [4.78, 5) is 24.4. The molecule has 3 N–H and O–H groups in total. The molecular formula is C12H9N3O5. The third kappa shape index (κ3) is 2.23. The quantitative estimate of drug-likeness (QED) is 0.419. The number of aromatic amines is 1. The van der Waals surface area contributed by atoms with Crippen molar-refractivity contribution < 1.29 is 15.1 Å². The van der Waals surface area contributed by atoms with Crippen LogP contribution >= 0.6 is 0 Å². The van der Waals surface area contributed by atoms with E-state index >= 15 is 0 Å². The fraction of sp³-hybridized carbons (Fsp3) is 0.167. The Labute approximate surface area is 111 Å². The Balaban J connectivity index is 2.64. The number of rotatable bonds is 3. The summed E-state index contributed by atoms with van der Waals surface area (Å²) in [7, 11) is 0. The van der Waals surface area contributed by atoms with Gasteiger partial charge in [0.2, 0.25) is 0 Å². The topological polar surface area (TPSA) is 140 Å². The molecule has 2 atom stereocenters. The second kappa shape index (κ2) is 5.08. The van der Waals surface area contributed by atoms with Crippen LogP contribution < -0.4 is 5.43 Å². The summed E-state index contributed by atoms with van der Waals surface area (Å²) in [5, 5.41) is 38.2. The summed E-state index contributed by atoms with van der Waals surface area (Å²) >= 11 is 0. The number of aromatic nitrogens is 1. The maximum atomic E-state index is 11.9. The van der Waals surface area contributed by atoms with Gasteiger partial charge in [0, 0.05) is 5.52 Å². The van der Waals surface area contributed by atoms with Crippen LogP contribution in [0.4, 0.5) is 5.69 Å². The van der Waals surface area contributed by atoms with Crippen molar-refractivity contribution in [1.82, 2.24) is 4.98 Å². The average molecular weight is 275 g/mol. The van der Waals surface area contributed by atoms with Gasteiger partial charge in [-0.05, 0) is 17.7 Å². The number of hydrogen-bond acceptors (Lipinski definition) is 6. The third-order valence-electron chi connectivity index (χ3n) is 2.85. The van der Waals surface area contributed by atoms with E-state index in [9.17, 15) is 25.1 Å². The summed E-state index contributed by atoms with van der Waals surface area (Å²) in [5.74, 6) is 0. The molecule has 0 aliphatic carbocycles. The van der Waals surface area contributed by atoms with Crippen molar-refractivity contribution >= 4 is 16.6 Å². The zero-order valence-electron chi connectivity index (χ0n) is 9.98. The standard InChI is InChI=1S/C12H9N3O5/c13-4-10(16)11(17)6-1-2-8-7(3-6)12(18)9(5-14-8)15(19)20/h1-3,5,10-11,16-17H,(H,14,18). The predicted molar refractivity (Wildman–Crippen MR) is 67.8 cm³/mol. The minimum atomic E-state index is -1.65. The van der Waals surface area contributed by atoms with Crippen LogP contribution in [0.15, 0.2) is 29.2 Å². The Morgan fingerprint density at radius 1 is 1.40 bits per heavy atom. The number of nitrogens with zero attached hydrogens (tertiary/aromatic N) is 2. The predicted octanol–water partition coefficient (Wildman–Crippen LogP) is 0.354. The van der Waals surface area contributed by atoms with Crippen molar-refractivity contribution in [3.05, 3.63) is 50.3 Å². The monoisotopic (exact) mass is 275 g/mol. The molecule has 2 rings (SSSR count). The molecule has 0 radical (unpaired) electrons. The maximum absolute atomic E-state index is 11.9. The molecule has 0 amide bonds. The fourth-order valence-electron chi connectivity index (χ4n) is 1.80. The summed E-state index contributed by atoms with van der Waals surface area (Å²) < 4.78 is 0. The molecule has 1 aromatic heterocycles. The van der Waals surface area contributed by atoms with E-state index in [2.05, 4.69) is 4.98 Å². The molecule has 1 heterocycles. The number of nitrogens with one attached hydrogen (secondary N) is 1. The zero-order chi connectivity index (χ0) is 14.9. The first kappa shape index (κ1) is 13.7. The number of fused-ring (bicyclic) bond motifs is 1. The van der Waals surface area contributed by atoms with Gasteiger partial charge in [-0.2, -0.15) is 5.26 Å². The Morgan fingerprint density at radius 2 is 2.10 bits per heavy atom. The van der Waals surface area contributed by atoms with Crippen LogP contribution in [0, 0.1) is 21.4 Å². The largest absolute Gasteiger partial charge is 0.385 e. The SMILES string of the molecule is N#CC(O)C(O)c1ccc2[nH]cc([N+](=O)[O-])c(=O)c2c1. The van der Waals surface area contributed by atoms with Crippen LogP contribution in [0.3, 0.4) is 0 Å². The van der Waals surface area contributed by atoms with E-state index in [1.165, 1.54) is 24.3 Å². The second-order valence-corrected chi connectivity index (χ2v) is 4.08. The van der Waals surface area contributed by atoms with Crippen molar-refractivity contribution in [3.63, 3.8) is 0 Å². The molecule has 0 fully saturated rings. The summed E-state index contributed by atoms with van der Waals surface area (Å²) in [6.45, 7) is 0. The highest BCUT2D eigenvalue weighted by Crippen LogP contribution is 2.21. The van der Waals surface area contributed by atoms with E-state index in [0.29, 0.717) is 5.52 Å². The van der Waals surface area contributed by atoms with Crippen LogP contribution in [-0.2, 0) is 0 Å². The first-order valence-electron chi connectivity index (χ1n) is 5.51. The molecule has 0 spiro atoms. The molecule has 0 saturated carbocycles. The zero-order valence-corrected chi connectivity index (χ0v) is 9.98. The van der Waals surface area contributed by atoms with E-state index in [4.69, 9.17) is 5.26 Å². The summed E-state index contributed by atoms with van der Waals surface area (Å²) in [6.07, 6.45) is -2.15. The Kier molecular flexibility index (Phi) is 3.47. The third-order valence-corrected chi connectivity index (χ3v) is 2.85. The number of aliphatic hydroxyl groups is 2. The molecule has 20 heavy (non-hydrogen) atoms. The lowest BCUT2D eigenvalue weighted by Crippen LogP contribution is -2.16. The van der Waals surface area contributed by atoms with Gasteiger partial charge in [-0.15, -0.1) is 0 Å². The smallest absolute Gasteiger partial charge is 0.332 e. The van der Waals surface area contributed by atoms with Crippen LogP contribution in [0.5, 0.6) is 0 Å². The normalized spacial score (nSPS) is 13.7. The van der Waals surface area contributed by atoms with Crippen molar-refractivity contribution in [2.45, 2.75) is 12.2 Å². The van der Waals surface area contributed by atoms with Crippen LogP contribution in [0.1, 0.15) is 11.7 Å². The number of nitriles is 1. The lowest BCUT2D eigenvalue weighted by molar-refractivity contribution is -0.386. The molecular weight excluding hydrogens is 266 g/mol. The molecule has 0 bridgehead atoms. The van der Waals surface area contributed by atoms with E-state index in [-0.39, 0.29) is 10.9 Å². The van der Waals surface area contributed by atoms with Crippen LogP contribution in [-0.4, -0.2) is 26.2 Å². The van der Waals surface area contributed by atoms with E-state index in [1.807, 2.05) is 0 Å². The second-order valence-electron chi connectivity index (χ2n) is 4.08. The van der Waals surface area contributed by atoms with Gasteiger partial charge in [0.25, 0.3) is 5.43 Å². The Hall–Kier alpha value is -2.76. The molecule has 8 nitrogen and oxygen atoms in total. The number of pyridine rings is 1. The molecule has 8 heteroatoms.